The molecule has 0 bridgehead atoms. The molecule has 0 aliphatic heterocycles. The van der Waals surface area contributed by atoms with Gasteiger partial charge in [0.25, 0.3) is 0 Å². The average molecular weight is 312 g/mol. The third-order valence-electron chi connectivity index (χ3n) is 2.66. The fraction of sp³-hybridized carbons (Fsp3) is 1.00. The van der Waals surface area contributed by atoms with Crippen LogP contribution in [0.4, 0.5) is 0 Å². The van der Waals surface area contributed by atoms with Crippen LogP contribution in [-0.4, -0.2) is 40.8 Å². The Hall–Kier alpha value is 0.340. The molecule has 0 N–H and O–H groups in total. The van der Waals surface area contributed by atoms with Crippen LogP contribution in [0, 0.1) is 0 Å². The molecule has 0 aliphatic carbocycles. The molecular formula is C14H33O3PS. The Morgan fingerprint density at radius 2 is 1.21 bits per heavy atom. The van der Waals surface area contributed by atoms with E-state index in [4.69, 9.17) is 3.97 Å². The van der Waals surface area contributed by atoms with Crippen molar-refractivity contribution >= 4 is 16.9 Å². The van der Waals surface area contributed by atoms with Gasteiger partial charge in [-0.05, 0) is 0 Å². The van der Waals surface area contributed by atoms with E-state index in [9.17, 15) is 8.42 Å². The summed E-state index contributed by atoms with van der Waals surface area (Å²) in [7, 11) is -3.34. The number of hydrogen-bond donors (Lipinski definition) is 0. The van der Waals surface area contributed by atoms with Crippen molar-refractivity contribution in [1.29, 1.82) is 0 Å². The number of rotatable bonds is 11. The van der Waals surface area contributed by atoms with Crippen LogP contribution in [0.25, 0.3) is 0 Å². The number of unbranched alkanes of at least 4 members (excludes halogenated alkanes) is 7. The van der Waals surface area contributed by atoms with Crippen LogP contribution in [-0.2, 0) is 14.1 Å². The average Bonchev–Trinajstić information content (AvgIpc) is 2.17. The molecule has 0 aromatic heterocycles. The fourth-order valence-corrected chi connectivity index (χ4v) is 6.39. The van der Waals surface area contributed by atoms with Crippen molar-refractivity contribution < 1.29 is 12.4 Å². The van der Waals surface area contributed by atoms with Gasteiger partial charge in [-0.25, -0.2) is 0 Å². The Morgan fingerprint density at radius 1 is 0.789 bits per heavy atom. The maximum atomic E-state index is 11.8. The zero-order valence-corrected chi connectivity index (χ0v) is 15.2. The zero-order chi connectivity index (χ0) is 15.0. The molecule has 0 aromatic carbocycles. The number of hydrogen-bond acceptors (Lipinski definition) is 3. The van der Waals surface area contributed by atoms with E-state index in [2.05, 4.69) is 6.92 Å². The van der Waals surface area contributed by atoms with Gasteiger partial charge in [-0.3, -0.25) is 0 Å². The summed E-state index contributed by atoms with van der Waals surface area (Å²) in [6.07, 6.45) is 9.25. The first kappa shape index (κ1) is 19.3. The van der Waals surface area contributed by atoms with E-state index in [-0.39, 0.29) is 5.75 Å². The predicted molar refractivity (Wildman–Crippen MR) is 88.1 cm³/mol. The maximum absolute atomic E-state index is 11.8. The molecule has 118 valence electrons. The molecule has 3 nitrogen and oxygen atoms in total. The van der Waals surface area contributed by atoms with Crippen LogP contribution in [0.1, 0.15) is 58.3 Å². The van der Waals surface area contributed by atoms with E-state index in [0.717, 1.165) is 19.3 Å². The summed E-state index contributed by atoms with van der Waals surface area (Å²) >= 11 is 0. The first-order valence-corrected chi connectivity index (χ1v) is 13.0. The molecule has 0 saturated carbocycles. The van der Waals surface area contributed by atoms with Gasteiger partial charge in [0.05, 0.1) is 0 Å². The van der Waals surface area contributed by atoms with Crippen molar-refractivity contribution in [1.82, 2.24) is 0 Å². The van der Waals surface area contributed by atoms with Gasteiger partial charge in [-0.1, -0.05) is 0 Å². The van der Waals surface area contributed by atoms with Gasteiger partial charge in [-0.15, -0.1) is 0 Å². The van der Waals surface area contributed by atoms with Crippen LogP contribution < -0.4 is 0 Å². The molecule has 0 fully saturated rings. The third-order valence-corrected chi connectivity index (χ3v) is 6.74. The Labute approximate surface area is 120 Å². The summed E-state index contributed by atoms with van der Waals surface area (Å²) in [6.45, 7) is 7.43. The molecule has 5 heteroatoms. The summed E-state index contributed by atoms with van der Waals surface area (Å²) < 4.78 is 29.0. The molecule has 0 rings (SSSR count). The van der Waals surface area contributed by atoms with E-state index < -0.39 is 16.9 Å². The Kier molecular flexibility index (Phi) is 8.09. The third kappa shape index (κ3) is 14.6. The minimum absolute atomic E-state index is 0.170. The molecule has 0 spiro atoms. The summed E-state index contributed by atoms with van der Waals surface area (Å²) in [5.74, 6) is 0.170. The van der Waals surface area contributed by atoms with Gasteiger partial charge in [0.2, 0.25) is 0 Å². The van der Waals surface area contributed by atoms with Crippen LogP contribution in [0.5, 0.6) is 0 Å². The van der Waals surface area contributed by atoms with Crippen LogP contribution >= 0.6 is 6.83 Å². The molecule has 0 atom stereocenters. The zero-order valence-electron chi connectivity index (χ0n) is 13.4. The topological polar surface area (TPSA) is 43.4 Å². The van der Waals surface area contributed by atoms with Gasteiger partial charge >= 0.3 is 120 Å². The van der Waals surface area contributed by atoms with Crippen molar-refractivity contribution in [3.8, 4) is 0 Å². The Morgan fingerprint density at radius 3 is 1.63 bits per heavy atom. The van der Waals surface area contributed by atoms with Crippen molar-refractivity contribution in [2.75, 3.05) is 32.4 Å². The van der Waals surface area contributed by atoms with Crippen molar-refractivity contribution in [3.05, 3.63) is 0 Å². The van der Waals surface area contributed by atoms with E-state index in [1.54, 1.807) is 0 Å². The second-order valence-electron chi connectivity index (χ2n) is 7.22. The SMILES string of the molecule is CCCCCCCCCCS(=O)(=O)OP(C)(C)(C)C. The molecule has 0 radical (unpaired) electrons. The van der Waals surface area contributed by atoms with Gasteiger partial charge in [0, 0.05) is 0 Å². The van der Waals surface area contributed by atoms with Crippen molar-refractivity contribution in [2.24, 2.45) is 0 Å². The Bertz CT molecular complexity index is 332. The quantitative estimate of drug-likeness (QED) is 0.418. The summed E-state index contributed by atoms with van der Waals surface area (Å²) in [5.41, 5.74) is 0. The molecule has 0 aliphatic rings. The van der Waals surface area contributed by atoms with Gasteiger partial charge in [-0.2, -0.15) is 0 Å². The first-order chi connectivity index (χ1) is 8.52. The van der Waals surface area contributed by atoms with Gasteiger partial charge < -0.3 is 0 Å². The summed E-state index contributed by atoms with van der Waals surface area (Å²) in [5, 5.41) is 0. The molecule has 0 heterocycles. The summed E-state index contributed by atoms with van der Waals surface area (Å²) in [4.78, 5) is 0. The normalized spacial score (nSPS) is 15.1. The molecule has 19 heavy (non-hydrogen) atoms. The molecule has 0 aromatic rings. The monoisotopic (exact) mass is 312 g/mol. The molecule has 0 unspecified atom stereocenters. The second-order valence-corrected chi connectivity index (χ2v) is 16.2. The minimum atomic E-state index is -3.34. The Balaban J connectivity index is 3.72. The van der Waals surface area contributed by atoms with Gasteiger partial charge in [0.1, 0.15) is 0 Å². The molecule has 0 saturated heterocycles. The van der Waals surface area contributed by atoms with Crippen LogP contribution in [0.15, 0.2) is 0 Å². The van der Waals surface area contributed by atoms with E-state index in [0.29, 0.717) is 0 Å². The molecule has 0 amide bonds. The van der Waals surface area contributed by atoms with Crippen LogP contribution in [0.2, 0.25) is 0 Å². The standard InChI is InChI=1S/C14H33O3PS/c1-6-7-8-9-10-11-12-13-14-19(15,16)17-18(2,3,4)5/h6-14H2,1-5H3. The first-order valence-electron chi connectivity index (χ1n) is 7.47. The van der Waals surface area contributed by atoms with E-state index >= 15 is 0 Å². The van der Waals surface area contributed by atoms with Crippen LogP contribution in [0.3, 0.4) is 0 Å². The predicted octanol–water partition coefficient (Wildman–Crippen LogP) is 4.46. The second kappa shape index (κ2) is 7.95. The fourth-order valence-electron chi connectivity index (χ4n) is 1.90. The van der Waals surface area contributed by atoms with Gasteiger partial charge in [0.15, 0.2) is 0 Å². The molecular weight excluding hydrogens is 279 g/mol. The van der Waals surface area contributed by atoms with Crippen molar-refractivity contribution in [3.63, 3.8) is 0 Å². The van der Waals surface area contributed by atoms with Crippen molar-refractivity contribution in [2.45, 2.75) is 58.3 Å². The van der Waals surface area contributed by atoms with E-state index in [1.807, 2.05) is 26.7 Å². The van der Waals surface area contributed by atoms with E-state index in [1.165, 1.54) is 32.1 Å². The summed E-state index contributed by atoms with van der Waals surface area (Å²) in [6, 6.07) is 0.